The number of hydrogen-bond donors (Lipinski definition) is 1. The van der Waals surface area contributed by atoms with Gasteiger partial charge in [0.05, 0.1) is 11.5 Å². The van der Waals surface area contributed by atoms with Crippen LogP contribution in [0.1, 0.15) is 12.8 Å². The normalized spacial score (nSPS) is 9.94. The zero-order valence-electron chi connectivity index (χ0n) is 8.76. The van der Waals surface area contributed by atoms with E-state index in [-0.39, 0.29) is 30.9 Å². The summed E-state index contributed by atoms with van der Waals surface area (Å²) in [4.78, 5) is 20.1. The Morgan fingerprint density at radius 3 is 2.82 bits per heavy atom. The van der Waals surface area contributed by atoms with Crippen LogP contribution in [0, 0.1) is 15.9 Å². The second-order valence-electron chi connectivity index (χ2n) is 3.21. The Labute approximate surface area is 95.8 Å². The van der Waals surface area contributed by atoms with Gasteiger partial charge in [0.1, 0.15) is 5.82 Å². The van der Waals surface area contributed by atoms with Crippen LogP contribution in [0.15, 0.2) is 18.2 Å². The van der Waals surface area contributed by atoms with E-state index in [0.29, 0.717) is 0 Å². The zero-order chi connectivity index (χ0) is 12.8. The summed E-state index contributed by atoms with van der Waals surface area (Å²) in [5.41, 5.74) is -0.346. The molecule has 7 heteroatoms. The molecule has 0 aliphatic heterocycles. The highest BCUT2D eigenvalue weighted by atomic mass is 19.1. The summed E-state index contributed by atoms with van der Waals surface area (Å²) in [5.74, 6) is -1.83. The van der Waals surface area contributed by atoms with E-state index in [1.54, 1.807) is 0 Å². The minimum Gasteiger partial charge on any atom is -0.487 e. The smallest absolute Gasteiger partial charge is 0.311 e. The number of carbonyl (C=O) groups is 1. The molecule has 1 N–H and O–H groups in total. The van der Waals surface area contributed by atoms with Gasteiger partial charge in [-0.3, -0.25) is 14.9 Å². The molecular weight excluding hydrogens is 233 g/mol. The molecule has 0 spiro atoms. The number of aliphatic carboxylic acids is 1. The van der Waals surface area contributed by atoms with Crippen LogP contribution < -0.4 is 4.74 Å². The van der Waals surface area contributed by atoms with E-state index in [0.717, 1.165) is 18.2 Å². The lowest BCUT2D eigenvalue weighted by Gasteiger charge is -2.05. The van der Waals surface area contributed by atoms with Crippen LogP contribution in [0.5, 0.6) is 5.75 Å². The van der Waals surface area contributed by atoms with Gasteiger partial charge in [-0.2, -0.15) is 0 Å². The fourth-order valence-electron chi connectivity index (χ4n) is 1.16. The molecule has 0 fully saturated rings. The van der Waals surface area contributed by atoms with Crippen LogP contribution in [-0.4, -0.2) is 22.6 Å². The Hall–Kier alpha value is -2.18. The van der Waals surface area contributed by atoms with Gasteiger partial charge in [-0.15, -0.1) is 0 Å². The van der Waals surface area contributed by atoms with Crippen molar-refractivity contribution in [3.63, 3.8) is 0 Å². The molecule has 1 rings (SSSR count). The van der Waals surface area contributed by atoms with Crippen molar-refractivity contribution in [1.82, 2.24) is 0 Å². The third-order valence-electron chi connectivity index (χ3n) is 1.91. The van der Waals surface area contributed by atoms with E-state index in [1.165, 1.54) is 0 Å². The molecule has 0 bridgehead atoms. The van der Waals surface area contributed by atoms with E-state index in [2.05, 4.69) is 0 Å². The Bertz CT molecular complexity index is 435. The van der Waals surface area contributed by atoms with Gasteiger partial charge in [0.25, 0.3) is 0 Å². The molecule has 0 atom stereocenters. The maximum Gasteiger partial charge on any atom is 0.311 e. The molecule has 1 aromatic rings. The number of nitrogens with zero attached hydrogens (tertiary/aromatic N) is 1. The Morgan fingerprint density at radius 2 is 2.24 bits per heavy atom. The van der Waals surface area contributed by atoms with E-state index >= 15 is 0 Å². The lowest BCUT2D eigenvalue weighted by atomic mass is 10.3. The van der Waals surface area contributed by atoms with Crippen LogP contribution >= 0.6 is 0 Å². The first-order chi connectivity index (χ1) is 8.00. The average molecular weight is 243 g/mol. The quantitative estimate of drug-likeness (QED) is 0.468. The van der Waals surface area contributed by atoms with Crippen LogP contribution in [0.3, 0.4) is 0 Å². The number of benzene rings is 1. The molecule has 0 saturated carbocycles. The fraction of sp³-hybridized carbons (Fsp3) is 0.300. The van der Waals surface area contributed by atoms with Gasteiger partial charge in [0.15, 0.2) is 5.75 Å². The predicted octanol–water partition coefficient (Wildman–Crippen LogP) is 1.98. The molecular formula is C10H10FNO5. The first-order valence-electron chi connectivity index (χ1n) is 4.79. The van der Waals surface area contributed by atoms with Crippen molar-refractivity contribution in [3.05, 3.63) is 34.1 Å². The molecule has 0 amide bonds. The van der Waals surface area contributed by atoms with Crippen LogP contribution in [0.4, 0.5) is 10.1 Å². The Balaban J connectivity index is 2.65. The molecule has 0 aliphatic rings. The van der Waals surface area contributed by atoms with Crippen molar-refractivity contribution in [2.24, 2.45) is 0 Å². The second kappa shape index (κ2) is 5.78. The van der Waals surface area contributed by atoms with Crippen molar-refractivity contribution in [1.29, 1.82) is 0 Å². The minimum atomic E-state index is -0.984. The molecule has 0 aromatic heterocycles. The Morgan fingerprint density at radius 1 is 1.53 bits per heavy atom. The van der Waals surface area contributed by atoms with Gasteiger partial charge < -0.3 is 9.84 Å². The van der Waals surface area contributed by atoms with Crippen molar-refractivity contribution in [3.8, 4) is 5.75 Å². The number of nitro groups is 1. The fourth-order valence-corrected chi connectivity index (χ4v) is 1.16. The highest BCUT2D eigenvalue weighted by molar-refractivity contribution is 5.66. The zero-order valence-corrected chi connectivity index (χ0v) is 8.76. The number of rotatable bonds is 6. The molecule has 0 heterocycles. The van der Waals surface area contributed by atoms with Gasteiger partial charge in [0, 0.05) is 18.6 Å². The number of ether oxygens (including phenoxy) is 1. The number of halogens is 1. The summed E-state index contributed by atoms with van der Waals surface area (Å²) in [6.07, 6.45) is 0.0894. The molecule has 0 saturated heterocycles. The molecule has 17 heavy (non-hydrogen) atoms. The molecule has 1 aromatic carbocycles. The van der Waals surface area contributed by atoms with E-state index in [9.17, 15) is 19.3 Å². The van der Waals surface area contributed by atoms with Crippen LogP contribution in [0.25, 0.3) is 0 Å². The van der Waals surface area contributed by atoms with Crippen molar-refractivity contribution in [2.45, 2.75) is 12.8 Å². The van der Waals surface area contributed by atoms with Crippen LogP contribution in [0.2, 0.25) is 0 Å². The third kappa shape index (κ3) is 4.06. The number of nitro benzene ring substituents is 1. The number of carboxylic acids is 1. The van der Waals surface area contributed by atoms with Crippen molar-refractivity contribution >= 4 is 11.7 Å². The molecule has 0 aliphatic carbocycles. The first kappa shape index (κ1) is 12.9. The van der Waals surface area contributed by atoms with Crippen molar-refractivity contribution in [2.75, 3.05) is 6.61 Å². The van der Waals surface area contributed by atoms with Crippen molar-refractivity contribution < 1.29 is 24.0 Å². The predicted molar refractivity (Wildman–Crippen MR) is 55.4 cm³/mol. The third-order valence-corrected chi connectivity index (χ3v) is 1.91. The van der Waals surface area contributed by atoms with E-state index < -0.39 is 16.7 Å². The summed E-state index contributed by atoms with van der Waals surface area (Å²) in [7, 11) is 0. The summed E-state index contributed by atoms with van der Waals surface area (Å²) >= 11 is 0. The maximum absolute atomic E-state index is 12.9. The van der Waals surface area contributed by atoms with Gasteiger partial charge in [-0.05, 0) is 12.5 Å². The van der Waals surface area contributed by atoms with Gasteiger partial charge in [-0.25, -0.2) is 4.39 Å². The average Bonchev–Trinajstić information content (AvgIpc) is 2.23. The molecule has 92 valence electrons. The number of carboxylic acid groups (broad SMARTS) is 1. The first-order valence-corrected chi connectivity index (χ1v) is 4.79. The summed E-state index contributed by atoms with van der Waals surface area (Å²) in [6, 6.07) is 2.86. The van der Waals surface area contributed by atoms with E-state index in [4.69, 9.17) is 9.84 Å². The largest absolute Gasteiger partial charge is 0.487 e. The Kier molecular flexibility index (Phi) is 4.38. The lowest BCUT2D eigenvalue weighted by Crippen LogP contribution is -2.04. The highest BCUT2D eigenvalue weighted by Gasteiger charge is 2.15. The van der Waals surface area contributed by atoms with Crippen LogP contribution in [-0.2, 0) is 4.79 Å². The summed E-state index contributed by atoms with van der Waals surface area (Å²) in [5, 5.41) is 19.0. The lowest BCUT2D eigenvalue weighted by molar-refractivity contribution is -0.385. The van der Waals surface area contributed by atoms with Gasteiger partial charge in [0.2, 0.25) is 0 Å². The second-order valence-corrected chi connectivity index (χ2v) is 3.21. The topological polar surface area (TPSA) is 89.7 Å². The minimum absolute atomic E-state index is 0.0173. The molecule has 6 nitrogen and oxygen atoms in total. The SMILES string of the molecule is O=C(O)CCCOc1cc(F)ccc1[N+](=O)[O-]. The van der Waals surface area contributed by atoms with E-state index in [1.807, 2.05) is 0 Å². The van der Waals surface area contributed by atoms with Gasteiger partial charge in [-0.1, -0.05) is 0 Å². The summed E-state index contributed by atoms with van der Waals surface area (Å²) < 4.78 is 17.8. The standard InChI is InChI=1S/C10H10FNO5/c11-7-3-4-8(12(15)16)9(6-7)17-5-1-2-10(13)14/h3-4,6H,1-2,5H2,(H,13,14). The van der Waals surface area contributed by atoms with Gasteiger partial charge >= 0.3 is 11.7 Å². The maximum atomic E-state index is 12.9. The highest BCUT2D eigenvalue weighted by Crippen LogP contribution is 2.27. The number of hydrogen-bond acceptors (Lipinski definition) is 4. The molecule has 0 unspecified atom stereocenters. The monoisotopic (exact) mass is 243 g/mol. The summed E-state index contributed by atoms with van der Waals surface area (Å²) in [6.45, 7) is -0.0173. The molecule has 0 radical (unpaired) electrons.